The second-order valence-electron chi connectivity index (χ2n) is 4.82. The Balaban J connectivity index is 3.52. The van der Waals surface area contributed by atoms with Gasteiger partial charge >= 0.3 is 0 Å². The monoisotopic (exact) mass is 233 g/mol. The van der Waals surface area contributed by atoms with E-state index in [2.05, 4.69) is 12.2 Å². The Hall–Kier alpha value is -0.160. The smallest absolute Gasteiger partial charge is 0.0897 e. The maximum atomic E-state index is 9.63. The molecule has 0 aliphatic heterocycles. The van der Waals surface area contributed by atoms with Crippen molar-refractivity contribution >= 4 is 0 Å². The van der Waals surface area contributed by atoms with Gasteiger partial charge in [-0.3, -0.25) is 0 Å². The Labute approximate surface area is 99.0 Å². The number of hydrogen-bond donors (Lipinski definition) is 3. The third-order valence-corrected chi connectivity index (χ3v) is 2.51. The van der Waals surface area contributed by atoms with E-state index in [0.29, 0.717) is 26.2 Å². The lowest BCUT2D eigenvalue weighted by molar-refractivity contribution is 0.0317. The number of aliphatic hydroxyl groups is 2. The number of hydrogen-bond acceptors (Lipinski definition) is 4. The minimum Gasteiger partial charge on any atom is -0.396 e. The first-order valence-electron chi connectivity index (χ1n) is 6.13. The molecule has 0 aliphatic rings. The Morgan fingerprint density at radius 2 is 2.06 bits per heavy atom. The topological polar surface area (TPSA) is 61.7 Å². The summed E-state index contributed by atoms with van der Waals surface area (Å²) in [6, 6.07) is 0. The summed E-state index contributed by atoms with van der Waals surface area (Å²) in [5.41, 5.74) is -0.140. The van der Waals surface area contributed by atoms with Crippen LogP contribution in [0.4, 0.5) is 0 Å². The van der Waals surface area contributed by atoms with Crippen molar-refractivity contribution in [2.24, 2.45) is 0 Å². The largest absolute Gasteiger partial charge is 0.396 e. The van der Waals surface area contributed by atoms with Gasteiger partial charge in [-0.15, -0.1) is 0 Å². The second-order valence-corrected chi connectivity index (χ2v) is 4.82. The van der Waals surface area contributed by atoms with Gasteiger partial charge in [0.2, 0.25) is 0 Å². The lowest BCUT2D eigenvalue weighted by atomic mass is 10.0. The molecule has 4 heteroatoms. The lowest BCUT2D eigenvalue weighted by Gasteiger charge is -2.27. The molecule has 1 atom stereocenters. The van der Waals surface area contributed by atoms with E-state index in [1.165, 1.54) is 0 Å². The first-order chi connectivity index (χ1) is 7.52. The maximum Gasteiger partial charge on any atom is 0.0897 e. The average Bonchev–Trinajstić information content (AvgIpc) is 2.22. The molecule has 16 heavy (non-hydrogen) atoms. The van der Waals surface area contributed by atoms with Crippen LogP contribution in [0.3, 0.4) is 0 Å². The zero-order valence-corrected chi connectivity index (χ0v) is 10.8. The van der Waals surface area contributed by atoms with Gasteiger partial charge in [0.05, 0.1) is 12.7 Å². The fraction of sp³-hybridized carbons (Fsp3) is 1.00. The van der Waals surface area contributed by atoms with Crippen molar-refractivity contribution in [3.05, 3.63) is 0 Å². The van der Waals surface area contributed by atoms with Crippen molar-refractivity contribution < 1.29 is 14.9 Å². The number of ether oxygens (including phenoxy) is 1. The van der Waals surface area contributed by atoms with E-state index in [0.717, 1.165) is 12.8 Å². The van der Waals surface area contributed by atoms with Crippen LogP contribution >= 0.6 is 0 Å². The summed E-state index contributed by atoms with van der Waals surface area (Å²) in [7, 11) is 0. The highest BCUT2D eigenvalue weighted by Gasteiger charge is 2.17. The third kappa shape index (κ3) is 9.09. The molecule has 3 N–H and O–H groups in total. The first-order valence-corrected chi connectivity index (χ1v) is 6.13. The highest BCUT2D eigenvalue weighted by Crippen LogP contribution is 2.06. The van der Waals surface area contributed by atoms with Crippen LogP contribution in [0.25, 0.3) is 0 Å². The van der Waals surface area contributed by atoms with Gasteiger partial charge < -0.3 is 20.3 Å². The summed E-state index contributed by atoms with van der Waals surface area (Å²) in [6.07, 6.45) is 2.35. The van der Waals surface area contributed by atoms with Gasteiger partial charge in [-0.2, -0.15) is 0 Å². The molecule has 0 radical (unpaired) electrons. The molecule has 0 spiro atoms. The Kier molecular flexibility index (Phi) is 8.84. The van der Waals surface area contributed by atoms with Crippen LogP contribution in [0.15, 0.2) is 0 Å². The molecule has 0 rings (SSSR count). The molecule has 0 aliphatic carbocycles. The molecule has 1 unspecified atom stereocenters. The molecule has 0 saturated carbocycles. The van der Waals surface area contributed by atoms with E-state index in [9.17, 15) is 5.11 Å². The molecule has 0 aromatic carbocycles. The predicted molar refractivity (Wildman–Crippen MR) is 65.5 cm³/mol. The molecular formula is C12H27NO3. The van der Waals surface area contributed by atoms with E-state index < -0.39 is 6.10 Å². The highest BCUT2D eigenvalue weighted by atomic mass is 16.5. The van der Waals surface area contributed by atoms with Crippen LogP contribution in [0.2, 0.25) is 0 Å². The van der Waals surface area contributed by atoms with Crippen molar-refractivity contribution in [3.63, 3.8) is 0 Å². The first kappa shape index (κ1) is 15.8. The van der Waals surface area contributed by atoms with E-state index in [1.54, 1.807) is 0 Å². The van der Waals surface area contributed by atoms with Crippen LogP contribution in [0.1, 0.15) is 40.0 Å². The van der Waals surface area contributed by atoms with E-state index in [4.69, 9.17) is 9.84 Å². The molecule has 0 saturated heterocycles. The van der Waals surface area contributed by atoms with Gasteiger partial charge in [0.1, 0.15) is 0 Å². The van der Waals surface area contributed by atoms with Gasteiger partial charge in [0.25, 0.3) is 0 Å². The van der Waals surface area contributed by atoms with Crippen LogP contribution in [-0.2, 0) is 4.74 Å². The summed E-state index contributed by atoms with van der Waals surface area (Å²) >= 11 is 0. The van der Waals surface area contributed by atoms with E-state index >= 15 is 0 Å². The quantitative estimate of drug-likeness (QED) is 0.491. The predicted octanol–water partition coefficient (Wildman–Crippen LogP) is 0.915. The maximum absolute atomic E-state index is 9.63. The average molecular weight is 233 g/mol. The summed E-state index contributed by atoms with van der Waals surface area (Å²) in [4.78, 5) is 0. The van der Waals surface area contributed by atoms with E-state index in [-0.39, 0.29) is 12.1 Å². The van der Waals surface area contributed by atoms with Gasteiger partial charge in [0.15, 0.2) is 0 Å². The number of unbranched alkanes of at least 4 members (excludes halogenated alkanes) is 1. The standard InChI is InChI=1S/C12H27NO3/c1-4-5-8-16-10-11(15)9-13-12(2,3)6-7-14/h11,13-15H,4-10H2,1-3H3. The zero-order chi connectivity index (χ0) is 12.4. The van der Waals surface area contributed by atoms with Crippen LogP contribution in [0, 0.1) is 0 Å². The van der Waals surface area contributed by atoms with Crippen LogP contribution in [0.5, 0.6) is 0 Å². The molecule has 0 heterocycles. The van der Waals surface area contributed by atoms with Crippen molar-refractivity contribution in [2.75, 3.05) is 26.4 Å². The third-order valence-electron chi connectivity index (χ3n) is 2.51. The number of nitrogens with one attached hydrogen (secondary N) is 1. The summed E-state index contributed by atoms with van der Waals surface area (Å²) in [5.74, 6) is 0. The second kappa shape index (κ2) is 8.93. The zero-order valence-electron chi connectivity index (χ0n) is 10.8. The van der Waals surface area contributed by atoms with Crippen molar-refractivity contribution in [3.8, 4) is 0 Å². The molecule has 4 nitrogen and oxygen atoms in total. The molecule has 0 bridgehead atoms. The fourth-order valence-electron chi connectivity index (χ4n) is 1.29. The Bertz CT molecular complexity index is 162. The van der Waals surface area contributed by atoms with Crippen LogP contribution in [-0.4, -0.2) is 48.2 Å². The highest BCUT2D eigenvalue weighted by molar-refractivity contribution is 4.78. The van der Waals surface area contributed by atoms with Gasteiger partial charge in [0, 0.05) is 25.3 Å². The molecule has 0 aromatic rings. The molecule has 0 aromatic heterocycles. The fourth-order valence-corrected chi connectivity index (χ4v) is 1.29. The lowest BCUT2D eigenvalue weighted by Crippen LogP contribution is -2.45. The van der Waals surface area contributed by atoms with E-state index in [1.807, 2.05) is 13.8 Å². The van der Waals surface area contributed by atoms with Crippen molar-refractivity contribution in [1.29, 1.82) is 0 Å². The minimum atomic E-state index is -0.477. The van der Waals surface area contributed by atoms with Crippen LogP contribution < -0.4 is 5.32 Å². The molecule has 0 fully saturated rings. The Morgan fingerprint density at radius 1 is 1.38 bits per heavy atom. The Morgan fingerprint density at radius 3 is 2.62 bits per heavy atom. The number of rotatable bonds is 10. The van der Waals surface area contributed by atoms with Crippen molar-refractivity contribution in [2.45, 2.75) is 51.7 Å². The molecular weight excluding hydrogens is 206 g/mol. The SMILES string of the molecule is CCCCOCC(O)CNC(C)(C)CCO. The van der Waals surface area contributed by atoms with Gasteiger partial charge in [-0.1, -0.05) is 13.3 Å². The normalized spacial score (nSPS) is 14.1. The van der Waals surface area contributed by atoms with Crippen molar-refractivity contribution in [1.82, 2.24) is 5.32 Å². The molecule has 0 amide bonds. The molecule has 98 valence electrons. The van der Waals surface area contributed by atoms with Gasteiger partial charge in [-0.05, 0) is 26.7 Å². The summed E-state index contributed by atoms with van der Waals surface area (Å²) in [6.45, 7) is 7.87. The summed E-state index contributed by atoms with van der Waals surface area (Å²) < 4.78 is 5.32. The minimum absolute atomic E-state index is 0.140. The van der Waals surface area contributed by atoms with Gasteiger partial charge in [-0.25, -0.2) is 0 Å². The number of aliphatic hydroxyl groups excluding tert-OH is 2. The summed E-state index contributed by atoms with van der Waals surface area (Å²) in [5, 5.41) is 21.7. The number of β-amino-alcohol motifs (C(OH)–C–C–N with tert-alkyl or cyclic N) is 1.